The summed E-state index contributed by atoms with van der Waals surface area (Å²) in [6.45, 7) is 1.07. The van der Waals surface area contributed by atoms with Crippen LogP contribution in [0.3, 0.4) is 0 Å². The lowest BCUT2D eigenvalue weighted by molar-refractivity contribution is -0.121. The molecule has 0 saturated carbocycles. The third kappa shape index (κ3) is 3.67. The van der Waals surface area contributed by atoms with E-state index < -0.39 is 6.09 Å². The molecular formula is C13H15FN2O3. The van der Waals surface area contributed by atoms with E-state index >= 15 is 0 Å². The zero-order valence-corrected chi connectivity index (χ0v) is 10.4. The molecule has 102 valence electrons. The lowest BCUT2D eigenvalue weighted by Gasteiger charge is -2.12. The Bertz CT molecular complexity index is 479. The molecule has 0 radical (unpaired) electrons. The van der Waals surface area contributed by atoms with E-state index in [1.54, 1.807) is 18.2 Å². The lowest BCUT2D eigenvalue weighted by atomic mass is 10.1. The summed E-state index contributed by atoms with van der Waals surface area (Å²) in [5.41, 5.74) is 0.559. The van der Waals surface area contributed by atoms with Gasteiger partial charge in [-0.3, -0.25) is 9.69 Å². The van der Waals surface area contributed by atoms with Gasteiger partial charge in [0.05, 0.1) is 6.54 Å². The first-order valence-corrected chi connectivity index (χ1v) is 6.08. The molecule has 1 aromatic carbocycles. The fraction of sp³-hybridized carbons (Fsp3) is 0.385. The van der Waals surface area contributed by atoms with Gasteiger partial charge >= 0.3 is 6.09 Å². The van der Waals surface area contributed by atoms with Gasteiger partial charge in [0.1, 0.15) is 19.0 Å². The summed E-state index contributed by atoms with van der Waals surface area (Å²) in [4.78, 5) is 24.0. The van der Waals surface area contributed by atoms with Crippen LogP contribution >= 0.6 is 0 Å². The second kappa shape index (κ2) is 6.17. The van der Waals surface area contributed by atoms with Crippen LogP contribution in [-0.4, -0.2) is 43.1 Å². The third-order valence-corrected chi connectivity index (χ3v) is 2.85. The van der Waals surface area contributed by atoms with Crippen molar-refractivity contribution >= 4 is 12.0 Å². The molecule has 2 amide bonds. The zero-order valence-electron chi connectivity index (χ0n) is 10.4. The van der Waals surface area contributed by atoms with Crippen molar-refractivity contribution in [2.75, 3.05) is 26.2 Å². The fourth-order valence-corrected chi connectivity index (χ4v) is 1.84. The maximum absolute atomic E-state index is 13.3. The first-order valence-electron chi connectivity index (χ1n) is 6.08. The third-order valence-electron chi connectivity index (χ3n) is 2.85. The van der Waals surface area contributed by atoms with Crippen molar-refractivity contribution in [2.24, 2.45) is 0 Å². The summed E-state index contributed by atoms with van der Waals surface area (Å²) in [5, 5.41) is 2.65. The maximum Gasteiger partial charge on any atom is 0.410 e. The van der Waals surface area contributed by atoms with Gasteiger partial charge in [0.25, 0.3) is 0 Å². The number of amides is 2. The minimum Gasteiger partial charge on any atom is -0.448 e. The van der Waals surface area contributed by atoms with Gasteiger partial charge in [0.15, 0.2) is 0 Å². The molecule has 0 unspecified atom stereocenters. The van der Waals surface area contributed by atoms with Crippen LogP contribution in [-0.2, 0) is 16.0 Å². The largest absolute Gasteiger partial charge is 0.448 e. The second-order valence-corrected chi connectivity index (χ2v) is 4.23. The van der Waals surface area contributed by atoms with Gasteiger partial charge in [0, 0.05) is 6.54 Å². The molecule has 19 heavy (non-hydrogen) atoms. The topological polar surface area (TPSA) is 58.6 Å². The maximum atomic E-state index is 13.3. The van der Waals surface area contributed by atoms with Crippen LogP contribution in [0.4, 0.5) is 9.18 Å². The van der Waals surface area contributed by atoms with Crippen LogP contribution < -0.4 is 5.32 Å². The number of carbonyl (C=O) groups is 2. The van der Waals surface area contributed by atoms with Crippen LogP contribution in [0.1, 0.15) is 5.56 Å². The molecule has 1 aromatic rings. The molecule has 0 aromatic heterocycles. The molecule has 1 N–H and O–H groups in total. The highest BCUT2D eigenvalue weighted by atomic mass is 19.1. The highest BCUT2D eigenvalue weighted by Crippen LogP contribution is 2.06. The Morgan fingerprint density at radius 3 is 2.89 bits per heavy atom. The Morgan fingerprint density at radius 1 is 1.42 bits per heavy atom. The number of halogens is 1. The van der Waals surface area contributed by atoms with Crippen molar-refractivity contribution in [2.45, 2.75) is 6.42 Å². The number of nitrogens with one attached hydrogen (secondary N) is 1. The Kier molecular flexibility index (Phi) is 4.33. The predicted octanol–water partition coefficient (Wildman–Crippen LogP) is 0.937. The number of hydrogen-bond donors (Lipinski definition) is 1. The van der Waals surface area contributed by atoms with Gasteiger partial charge < -0.3 is 10.1 Å². The average Bonchev–Trinajstić information content (AvgIpc) is 2.77. The van der Waals surface area contributed by atoms with Crippen LogP contribution in [0.25, 0.3) is 0 Å². The molecule has 1 heterocycles. The van der Waals surface area contributed by atoms with E-state index in [9.17, 15) is 14.0 Å². The van der Waals surface area contributed by atoms with Crippen LogP contribution in [0.15, 0.2) is 24.3 Å². The first kappa shape index (κ1) is 13.3. The van der Waals surface area contributed by atoms with E-state index in [4.69, 9.17) is 4.74 Å². The quantitative estimate of drug-likeness (QED) is 0.862. The molecule has 1 saturated heterocycles. The molecular weight excluding hydrogens is 251 g/mol. The van der Waals surface area contributed by atoms with Crippen LogP contribution in [0, 0.1) is 5.82 Å². The predicted molar refractivity (Wildman–Crippen MR) is 66.0 cm³/mol. The molecule has 0 bridgehead atoms. The zero-order chi connectivity index (χ0) is 13.7. The van der Waals surface area contributed by atoms with Crippen LogP contribution in [0.5, 0.6) is 0 Å². The summed E-state index contributed by atoms with van der Waals surface area (Å²) in [6.07, 6.45) is -0.0488. The summed E-state index contributed by atoms with van der Waals surface area (Å²) in [7, 11) is 0. The molecule has 5 nitrogen and oxygen atoms in total. The number of benzene rings is 1. The molecule has 1 aliphatic heterocycles. The Hall–Kier alpha value is -2.11. The highest BCUT2D eigenvalue weighted by Gasteiger charge is 2.23. The van der Waals surface area contributed by atoms with E-state index in [0.29, 0.717) is 31.7 Å². The highest BCUT2D eigenvalue weighted by molar-refractivity contribution is 5.82. The summed E-state index contributed by atoms with van der Waals surface area (Å²) in [5.74, 6) is -0.546. The summed E-state index contributed by atoms with van der Waals surface area (Å²) >= 11 is 0. The molecule has 1 fully saturated rings. The van der Waals surface area contributed by atoms with Crippen LogP contribution in [0.2, 0.25) is 0 Å². The van der Waals surface area contributed by atoms with E-state index in [1.807, 2.05) is 0 Å². The number of carbonyl (C=O) groups excluding carboxylic acids is 2. The number of ether oxygens (including phenoxy) is 1. The molecule has 2 rings (SSSR count). The number of hydrogen-bond acceptors (Lipinski definition) is 3. The van der Waals surface area contributed by atoms with Gasteiger partial charge in [-0.1, -0.05) is 18.2 Å². The standard InChI is InChI=1S/C13H15FN2O3/c14-11-4-2-1-3-10(11)5-6-15-12(17)9-16-7-8-19-13(16)18/h1-4H,5-9H2,(H,15,17). The smallest absolute Gasteiger partial charge is 0.410 e. The van der Waals surface area contributed by atoms with Crippen molar-refractivity contribution in [3.63, 3.8) is 0 Å². The Morgan fingerprint density at radius 2 is 2.21 bits per heavy atom. The van der Waals surface area contributed by atoms with Crippen molar-refractivity contribution in [1.29, 1.82) is 0 Å². The monoisotopic (exact) mass is 266 g/mol. The van der Waals surface area contributed by atoms with E-state index in [0.717, 1.165) is 0 Å². The van der Waals surface area contributed by atoms with Gasteiger partial charge in [-0.2, -0.15) is 0 Å². The van der Waals surface area contributed by atoms with Gasteiger partial charge in [0.2, 0.25) is 5.91 Å². The lowest BCUT2D eigenvalue weighted by Crippen LogP contribution is -2.38. The SMILES string of the molecule is O=C(CN1CCOC1=O)NCCc1ccccc1F. The van der Waals surface area contributed by atoms with Crippen molar-refractivity contribution < 1.29 is 18.7 Å². The minimum absolute atomic E-state index is 0.0178. The Labute approximate surface area is 110 Å². The average molecular weight is 266 g/mol. The van der Waals surface area contributed by atoms with E-state index in [-0.39, 0.29) is 18.3 Å². The molecule has 0 aliphatic carbocycles. The molecule has 0 atom stereocenters. The van der Waals surface area contributed by atoms with Crippen molar-refractivity contribution in [1.82, 2.24) is 10.2 Å². The summed E-state index contributed by atoms with van der Waals surface area (Å²) < 4.78 is 18.0. The fourth-order valence-electron chi connectivity index (χ4n) is 1.84. The number of cyclic esters (lactones) is 1. The van der Waals surface area contributed by atoms with Crippen molar-refractivity contribution in [3.05, 3.63) is 35.6 Å². The van der Waals surface area contributed by atoms with Gasteiger partial charge in [-0.15, -0.1) is 0 Å². The van der Waals surface area contributed by atoms with Crippen molar-refractivity contribution in [3.8, 4) is 0 Å². The van der Waals surface area contributed by atoms with E-state index in [1.165, 1.54) is 11.0 Å². The molecule has 0 spiro atoms. The second-order valence-electron chi connectivity index (χ2n) is 4.23. The number of nitrogens with zero attached hydrogens (tertiary/aromatic N) is 1. The normalized spacial score (nSPS) is 14.4. The first-order chi connectivity index (χ1) is 9.16. The van der Waals surface area contributed by atoms with Gasteiger partial charge in [-0.05, 0) is 18.1 Å². The van der Waals surface area contributed by atoms with Gasteiger partial charge in [-0.25, -0.2) is 9.18 Å². The molecule has 6 heteroatoms. The number of rotatable bonds is 5. The summed E-state index contributed by atoms with van der Waals surface area (Å²) in [6, 6.07) is 6.44. The molecule has 1 aliphatic rings. The Balaban J connectivity index is 1.72. The minimum atomic E-state index is -0.468. The van der Waals surface area contributed by atoms with E-state index in [2.05, 4.69) is 5.32 Å².